The number of fused-ring (bicyclic) bond motifs is 1. The Morgan fingerprint density at radius 3 is 3.00 bits per heavy atom. The van der Waals surface area contributed by atoms with Crippen molar-refractivity contribution >= 4 is 22.7 Å². The third-order valence-corrected chi connectivity index (χ3v) is 3.89. The Hall–Kier alpha value is -2.61. The van der Waals surface area contributed by atoms with Gasteiger partial charge in [-0.3, -0.25) is 4.79 Å². The first-order valence-corrected chi connectivity index (χ1v) is 6.96. The molecule has 0 aliphatic carbocycles. The van der Waals surface area contributed by atoms with E-state index in [2.05, 4.69) is 11.1 Å². The molecule has 0 radical (unpaired) electrons. The first-order valence-electron chi connectivity index (χ1n) is 6.96. The number of benzene rings is 1. The second-order valence-corrected chi connectivity index (χ2v) is 5.29. The molecule has 1 aromatic heterocycles. The second-order valence-electron chi connectivity index (χ2n) is 5.29. The summed E-state index contributed by atoms with van der Waals surface area (Å²) in [4.78, 5) is 17.7. The molecule has 1 aromatic carbocycles. The third kappa shape index (κ3) is 2.52. The lowest BCUT2D eigenvalue weighted by molar-refractivity contribution is -0.141. The zero-order valence-corrected chi connectivity index (χ0v) is 11.5. The normalized spacial score (nSPS) is 18.4. The minimum atomic E-state index is -0.779. The van der Waals surface area contributed by atoms with Gasteiger partial charge in [0.1, 0.15) is 11.9 Å². The van der Waals surface area contributed by atoms with E-state index in [4.69, 9.17) is 0 Å². The van der Waals surface area contributed by atoms with Gasteiger partial charge in [0, 0.05) is 18.5 Å². The minimum absolute atomic E-state index is 0.390. The van der Waals surface area contributed by atoms with E-state index in [-0.39, 0.29) is 0 Å². The number of aromatic nitrogens is 1. The number of hydrogen-bond donors (Lipinski definition) is 1. The SMILES string of the molecule is N#Cc1cc2ccccc2nc1N1CCCC(C(=O)O)C1. The highest BCUT2D eigenvalue weighted by atomic mass is 16.4. The zero-order valence-electron chi connectivity index (χ0n) is 11.5. The van der Waals surface area contributed by atoms with Crippen LogP contribution < -0.4 is 4.90 Å². The lowest BCUT2D eigenvalue weighted by atomic mass is 9.98. The van der Waals surface area contributed by atoms with Crippen molar-refractivity contribution in [1.82, 2.24) is 4.98 Å². The Balaban J connectivity index is 2.02. The summed E-state index contributed by atoms with van der Waals surface area (Å²) < 4.78 is 0. The van der Waals surface area contributed by atoms with Gasteiger partial charge in [-0.25, -0.2) is 4.98 Å². The fourth-order valence-corrected chi connectivity index (χ4v) is 2.80. The highest BCUT2D eigenvalue weighted by Crippen LogP contribution is 2.27. The average molecular weight is 281 g/mol. The maximum Gasteiger partial charge on any atom is 0.308 e. The number of hydrogen-bond acceptors (Lipinski definition) is 4. The number of rotatable bonds is 2. The fraction of sp³-hybridized carbons (Fsp3) is 0.312. The Bertz CT molecular complexity index is 736. The van der Waals surface area contributed by atoms with Crippen LogP contribution in [-0.4, -0.2) is 29.1 Å². The number of nitrogens with zero attached hydrogens (tertiary/aromatic N) is 3. The predicted molar refractivity (Wildman–Crippen MR) is 79.0 cm³/mol. The molecule has 0 spiro atoms. The molecular formula is C16H15N3O2. The number of pyridine rings is 1. The fourth-order valence-electron chi connectivity index (χ4n) is 2.80. The standard InChI is InChI=1S/C16H15N3O2/c17-9-13-8-11-4-1-2-6-14(11)18-15(13)19-7-3-5-12(10-19)16(20)21/h1-2,4,6,8,12H,3,5,7,10H2,(H,20,21). The van der Waals surface area contributed by atoms with Gasteiger partial charge in [0.2, 0.25) is 0 Å². The Morgan fingerprint density at radius 1 is 1.43 bits per heavy atom. The molecule has 1 aliphatic rings. The van der Waals surface area contributed by atoms with E-state index >= 15 is 0 Å². The molecule has 1 atom stereocenters. The molecule has 5 heteroatoms. The van der Waals surface area contributed by atoms with E-state index in [1.165, 1.54) is 0 Å². The van der Waals surface area contributed by atoms with Crippen LogP contribution in [0.3, 0.4) is 0 Å². The van der Waals surface area contributed by atoms with Gasteiger partial charge in [-0.1, -0.05) is 18.2 Å². The van der Waals surface area contributed by atoms with Gasteiger partial charge in [-0.05, 0) is 25.0 Å². The van der Waals surface area contributed by atoms with Gasteiger partial charge in [0.15, 0.2) is 0 Å². The molecule has 0 saturated carbocycles. The van der Waals surface area contributed by atoms with Crippen LogP contribution in [0.1, 0.15) is 18.4 Å². The first kappa shape index (κ1) is 13.4. The van der Waals surface area contributed by atoms with Crippen LogP contribution >= 0.6 is 0 Å². The van der Waals surface area contributed by atoms with Crippen LogP contribution in [0.15, 0.2) is 30.3 Å². The molecule has 2 aromatic rings. The summed E-state index contributed by atoms with van der Waals surface area (Å²) in [6, 6.07) is 11.6. The number of carboxylic acid groups (broad SMARTS) is 1. The van der Waals surface area contributed by atoms with Crippen LogP contribution in [0.5, 0.6) is 0 Å². The summed E-state index contributed by atoms with van der Waals surface area (Å²) in [5.41, 5.74) is 1.32. The second kappa shape index (κ2) is 5.41. The van der Waals surface area contributed by atoms with E-state index in [0.29, 0.717) is 24.3 Å². The summed E-state index contributed by atoms with van der Waals surface area (Å²) >= 11 is 0. The maximum atomic E-state index is 11.2. The number of nitriles is 1. The summed E-state index contributed by atoms with van der Waals surface area (Å²) in [5, 5.41) is 19.5. The van der Waals surface area contributed by atoms with Crippen molar-refractivity contribution in [2.75, 3.05) is 18.0 Å². The van der Waals surface area contributed by atoms with Gasteiger partial charge >= 0.3 is 5.97 Å². The van der Waals surface area contributed by atoms with Gasteiger partial charge in [0.25, 0.3) is 0 Å². The lowest BCUT2D eigenvalue weighted by Gasteiger charge is -2.32. The monoisotopic (exact) mass is 281 g/mol. The summed E-state index contributed by atoms with van der Waals surface area (Å²) in [7, 11) is 0. The maximum absolute atomic E-state index is 11.2. The van der Waals surface area contributed by atoms with Crippen molar-refractivity contribution in [2.45, 2.75) is 12.8 Å². The number of para-hydroxylation sites is 1. The Labute approximate surface area is 122 Å². The van der Waals surface area contributed by atoms with Crippen molar-refractivity contribution < 1.29 is 9.90 Å². The average Bonchev–Trinajstić information content (AvgIpc) is 2.53. The molecule has 1 saturated heterocycles. The molecule has 3 rings (SSSR count). The Kier molecular flexibility index (Phi) is 3.44. The summed E-state index contributed by atoms with van der Waals surface area (Å²) in [6.45, 7) is 1.15. The van der Waals surface area contributed by atoms with Crippen LogP contribution in [0.25, 0.3) is 10.9 Å². The third-order valence-electron chi connectivity index (χ3n) is 3.89. The van der Waals surface area contributed by atoms with Crippen LogP contribution in [0.4, 0.5) is 5.82 Å². The molecule has 1 N–H and O–H groups in total. The number of piperidine rings is 1. The van der Waals surface area contributed by atoms with Gasteiger partial charge in [-0.15, -0.1) is 0 Å². The molecule has 106 valence electrons. The summed E-state index contributed by atoms with van der Waals surface area (Å²) in [5.74, 6) is -0.570. The molecule has 21 heavy (non-hydrogen) atoms. The number of aliphatic carboxylic acids is 1. The Morgan fingerprint density at radius 2 is 2.24 bits per heavy atom. The zero-order chi connectivity index (χ0) is 14.8. The number of carbonyl (C=O) groups is 1. The van der Waals surface area contributed by atoms with Crippen molar-refractivity contribution in [1.29, 1.82) is 5.26 Å². The quantitative estimate of drug-likeness (QED) is 0.914. The van der Waals surface area contributed by atoms with Crippen molar-refractivity contribution in [3.63, 3.8) is 0 Å². The molecule has 0 bridgehead atoms. The van der Waals surface area contributed by atoms with Gasteiger partial charge in [0.05, 0.1) is 17.0 Å². The van der Waals surface area contributed by atoms with Crippen LogP contribution in [0, 0.1) is 17.2 Å². The van der Waals surface area contributed by atoms with Crippen molar-refractivity contribution in [3.8, 4) is 6.07 Å². The topological polar surface area (TPSA) is 77.2 Å². The van der Waals surface area contributed by atoms with E-state index in [9.17, 15) is 15.2 Å². The van der Waals surface area contributed by atoms with E-state index in [0.717, 1.165) is 23.9 Å². The highest BCUT2D eigenvalue weighted by Gasteiger charge is 2.27. The molecule has 1 fully saturated rings. The molecule has 5 nitrogen and oxygen atoms in total. The highest BCUT2D eigenvalue weighted by molar-refractivity contribution is 5.83. The van der Waals surface area contributed by atoms with Crippen LogP contribution in [0.2, 0.25) is 0 Å². The lowest BCUT2D eigenvalue weighted by Crippen LogP contribution is -2.39. The largest absolute Gasteiger partial charge is 0.481 e. The van der Waals surface area contributed by atoms with E-state index in [1.807, 2.05) is 35.2 Å². The first-order chi connectivity index (χ1) is 10.2. The molecule has 0 amide bonds. The predicted octanol–water partition coefficient (Wildman–Crippen LogP) is 2.41. The molecule has 1 aliphatic heterocycles. The number of anilines is 1. The molecular weight excluding hydrogens is 266 g/mol. The van der Waals surface area contributed by atoms with Gasteiger partial charge < -0.3 is 10.0 Å². The van der Waals surface area contributed by atoms with E-state index < -0.39 is 11.9 Å². The van der Waals surface area contributed by atoms with Crippen molar-refractivity contribution in [3.05, 3.63) is 35.9 Å². The molecule has 2 heterocycles. The number of carboxylic acids is 1. The smallest absolute Gasteiger partial charge is 0.308 e. The van der Waals surface area contributed by atoms with E-state index in [1.54, 1.807) is 0 Å². The minimum Gasteiger partial charge on any atom is -0.481 e. The van der Waals surface area contributed by atoms with Crippen LogP contribution in [-0.2, 0) is 4.79 Å². The van der Waals surface area contributed by atoms with Gasteiger partial charge in [-0.2, -0.15) is 5.26 Å². The van der Waals surface area contributed by atoms with Crippen molar-refractivity contribution in [2.24, 2.45) is 5.92 Å². The summed E-state index contributed by atoms with van der Waals surface area (Å²) in [6.07, 6.45) is 1.48. The molecule has 1 unspecified atom stereocenters.